The molecule has 0 spiro atoms. The molecular formula is C10H14N2O4. The number of nitrogens with zero attached hydrogens (tertiary/aromatic N) is 1. The van der Waals surface area contributed by atoms with Crippen LogP contribution in [0.15, 0.2) is 18.3 Å². The second-order valence-corrected chi connectivity index (χ2v) is 3.21. The van der Waals surface area contributed by atoms with Crippen molar-refractivity contribution in [3.8, 4) is 5.75 Å². The molecule has 1 rings (SSSR count). The molecule has 0 aliphatic carbocycles. The first-order valence-electron chi connectivity index (χ1n) is 4.77. The fourth-order valence-corrected chi connectivity index (χ4v) is 0.965. The number of carbonyl (C=O) groups excluding carboxylic acids is 1. The number of rotatable bonds is 5. The first kappa shape index (κ1) is 12.4. The average molecular weight is 226 g/mol. The Morgan fingerprint density at radius 2 is 2.38 bits per heavy atom. The summed E-state index contributed by atoms with van der Waals surface area (Å²) < 4.78 is 5.13. The van der Waals surface area contributed by atoms with E-state index in [4.69, 9.17) is 14.9 Å². The highest BCUT2D eigenvalue weighted by Crippen LogP contribution is 2.12. The largest absolute Gasteiger partial charge is 0.489 e. The number of hydrogen-bond acceptors (Lipinski definition) is 5. The predicted molar refractivity (Wildman–Crippen MR) is 57.1 cm³/mol. The van der Waals surface area contributed by atoms with E-state index in [1.54, 1.807) is 12.1 Å². The number of amides is 1. The van der Waals surface area contributed by atoms with Crippen molar-refractivity contribution in [1.29, 1.82) is 0 Å². The van der Waals surface area contributed by atoms with Gasteiger partial charge < -0.3 is 20.3 Å². The Kier molecular flexibility index (Phi) is 4.68. The van der Waals surface area contributed by atoms with Crippen molar-refractivity contribution in [3.05, 3.63) is 18.3 Å². The zero-order valence-electron chi connectivity index (χ0n) is 8.88. The maximum Gasteiger partial charge on any atom is 0.222 e. The highest BCUT2D eigenvalue weighted by atomic mass is 16.5. The molecule has 3 N–H and O–H groups in total. The molecule has 6 heteroatoms. The Hall–Kier alpha value is -1.66. The molecule has 1 heterocycles. The maximum absolute atomic E-state index is 10.7. The van der Waals surface area contributed by atoms with Crippen molar-refractivity contribution in [2.24, 2.45) is 0 Å². The van der Waals surface area contributed by atoms with Crippen LogP contribution in [0.25, 0.3) is 0 Å². The van der Waals surface area contributed by atoms with Crippen molar-refractivity contribution in [2.45, 2.75) is 13.0 Å². The predicted octanol–water partition coefficient (Wildman–Crippen LogP) is -0.228. The summed E-state index contributed by atoms with van der Waals surface area (Å²) in [6, 6.07) is 3.20. The van der Waals surface area contributed by atoms with Crippen LogP contribution in [0.2, 0.25) is 0 Å². The summed E-state index contributed by atoms with van der Waals surface area (Å²) in [6.07, 6.45) is 0.519. The van der Waals surface area contributed by atoms with Gasteiger partial charge in [0.15, 0.2) is 0 Å². The fraction of sp³-hybridized carbons (Fsp3) is 0.400. The van der Waals surface area contributed by atoms with Gasteiger partial charge in [0, 0.05) is 6.92 Å². The highest BCUT2D eigenvalue weighted by molar-refractivity contribution is 5.87. The lowest BCUT2D eigenvalue weighted by atomic mass is 10.4. The van der Waals surface area contributed by atoms with Crippen LogP contribution in [-0.4, -0.2) is 40.4 Å². The summed E-state index contributed by atoms with van der Waals surface area (Å²) in [4.78, 5) is 14.6. The summed E-state index contributed by atoms with van der Waals surface area (Å²) in [5.74, 6) is 0.695. The van der Waals surface area contributed by atoms with Crippen LogP contribution in [0.1, 0.15) is 6.92 Å². The number of carbonyl (C=O) groups is 1. The number of aliphatic hydroxyl groups excluding tert-OH is 2. The molecule has 0 radical (unpaired) electrons. The van der Waals surface area contributed by atoms with Crippen LogP contribution in [-0.2, 0) is 4.79 Å². The van der Waals surface area contributed by atoms with Crippen molar-refractivity contribution >= 4 is 11.7 Å². The van der Waals surface area contributed by atoms with Gasteiger partial charge in [0.25, 0.3) is 0 Å². The molecule has 0 saturated heterocycles. The van der Waals surface area contributed by atoms with Crippen LogP contribution < -0.4 is 10.1 Å². The van der Waals surface area contributed by atoms with E-state index in [0.29, 0.717) is 11.6 Å². The molecule has 88 valence electrons. The lowest BCUT2D eigenvalue weighted by molar-refractivity contribution is -0.114. The van der Waals surface area contributed by atoms with E-state index in [-0.39, 0.29) is 19.1 Å². The smallest absolute Gasteiger partial charge is 0.222 e. The molecular weight excluding hydrogens is 212 g/mol. The number of nitrogens with one attached hydrogen (secondary N) is 1. The summed E-state index contributed by atoms with van der Waals surface area (Å²) in [6.45, 7) is 1.04. The van der Waals surface area contributed by atoms with Gasteiger partial charge in [-0.1, -0.05) is 0 Å². The minimum Gasteiger partial charge on any atom is -0.489 e. The maximum atomic E-state index is 10.7. The minimum absolute atomic E-state index is 0.00232. The van der Waals surface area contributed by atoms with Gasteiger partial charge in [0.05, 0.1) is 12.8 Å². The Balaban J connectivity index is 2.48. The summed E-state index contributed by atoms with van der Waals surface area (Å²) >= 11 is 0. The van der Waals surface area contributed by atoms with Gasteiger partial charge in [-0.25, -0.2) is 4.98 Å². The minimum atomic E-state index is -0.907. The normalized spacial score (nSPS) is 11.9. The number of pyridine rings is 1. The SMILES string of the molecule is CC(=O)Nc1ccc(OCC(O)CO)cn1. The summed E-state index contributed by atoms with van der Waals surface area (Å²) in [7, 11) is 0. The third-order valence-corrected chi connectivity index (χ3v) is 1.69. The number of aliphatic hydroxyl groups is 2. The van der Waals surface area contributed by atoms with Gasteiger partial charge in [-0.05, 0) is 12.1 Å². The third kappa shape index (κ3) is 4.24. The van der Waals surface area contributed by atoms with Crippen LogP contribution >= 0.6 is 0 Å². The van der Waals surface area contributed by atoms with Crippen molar-refractivity contribution in [2.75, 3.05) is 18.5 Å². The molecule has 1 amide bonds. The standard InChI is InChI=1S/C10H14N2O4/c1-7(14)12-10-3-2-9(4-11-10)16-6-8(15)5-13/h2-4,8,13,15H,5-6H2,1H3,(H,11,12,14). The topological polar surface area (TPSA) is 91.7 Å². The van der Waals surface area contributed by atoms with Gasteiger partial charge in [0.1, 0.15) is 24.3 Å². The number of aromatic nitrogens is 1. The van der Waals surface area contributed by atoms with E-state index in [9.17, 15) is 4.79 Å². The van der Waals surface area contributed by atoms with E-state index in [2.05, 4.69) is 10.3 Å². The van der Waals surface area contributed by atoms with Crippen molar-refractivity contribution in [1.82, 2.24) is 4.98 Å². The van der Waals surface area contributed by atoms with Gasteiger partial charge >= 0.3 is 0 Å². The first-order chi connectivity index (χ1) is 7.61. The van der Waals surface area contributed by atoms with E-state index in [1.807, 2.05) is 0 Å². The lowest BCUT2D eigenvalue weighted by Crippen LogP contribution is -2.21. The van der Waals surface area contributed by atoms with Crippen LogP contribution in [0, 0.1) is 0 Å². The second kappa shape index (κ2) is 6.04. The molecule has 0 aliphatic heterocycles. The molecule has 1 aromatic rings. The van der Waals surface area contributed by atoms with Gasteiger partial charge in [-0.15, -0.1) is 0 Å². The zero-order chi connectivity index (χ0) is 12.0. The van der Waals surface area contributed by atoms with Gasteiger partial charge in [-0.3, -0.25) is 4.79 Å². The molecule has 1 unspecified atom stereocenters. The number of hydrogen-bond donors (Lipinski definition) is 3. The van der Waals surface area contributed by atoms with E-state index in [0.717, 1.165) is 0 Å². The molecule has 16 heavy (non-hydrogen) atoms. The highest BCUT2D eigenvalue weighted by Gasteiger charge is 2.03. The molecule has 0 aromatic carbocycles. The fourth-order valence-electron chi connectivity index (χ4n) is 0.965. The molecule has 0 aliphatic rings. The lowest BCUT2D eigenvalue weighted by Gasteiger charge is -2.09. The third-order valence-electron chi connectivity index (χ3n) is 1.69. The van der Waals surface area contributed by atoms with Gasteiger partial charge in [-0.2, -0.15) is 0 Å². The Morgan fingerprint density at radius 3 is 2.88 bits per heavy atom. The molecule has 0 saturated carbocycles. The molecule has 1 atom stereocenters. The monoisotopic (exact) mass is 226 g/mol. The van der Waals surface area contributed by atoms with Crippen molar-refractivity contribution in [3.63, 3.8) is 0 Å². The van der Waals surface area contributed by atoms with Gasteiger partial charge in [0.2, 0.25) is 5.91 Å². The Bertz CT molecular complexity index is 339. The van der Waals surface area contributed by atoms with Crippen molar-refractivity contribution < 1.29 is 19.7 Å². The average Bonchev–Trinajstić information content (AvgIpc) is 2.27. The van der Waals surface area contributed by atoms with Crippen LogP contribution in [0.4, 0.5) is 5.82 Å². The van der Waals surface area contributed by atoms with Crippen LogP contribution in [0.3, 0.4) is 0 Å². The van der Waals surface area contributed by atoms with E-state index < -0.39 is 6.10 Å². The Morgan fingerprint density at radius 1 is 1.62 bits per heavy atom. The van der Waals surface area contributed by atoms with Crippen LogP contribution in [0.5, 0.6) is 5.75 Å². The zero-order valence-corrected chi connectivity index (χ0v) is 8.88. The summed E-state index contributed by atoms with van der Waals surface area (Å²) in [5.41, 5.74) is 0. The number of anilines is 1. The molecule has 6 nitrogen and oxygen atoms in total. The summed E-state index contributed by atoms with van der Waals surface area (Å²) in [5, 5.41) is 20.1. The molecule has 1 aromatic heterocycles. The number of ether oxygens (including phenoxy) is 1. The molecule has 0 fully saturated rings. The first-order valence-corrected chi connectivity index (χ1v) is 4.77. The quantitative estimate of drug-likeness (QED) is 0.645. The second-order valence-electron chi connectivity index (χ2n) is 3.21. The van der Waals surface area contributed by atoms with E-state index in [1.165, 1.54) is 13.1 Å². The molecule has 0 bridgehead atoms. The van der Waals surface area contributed by atoms with E-state index >= 15 is 0 Å². The Labute approximate surface area is 92.9 Å².